The SMILES string of the molecule is COc1ccc(NC(=O)C(Cc2ccccc2)Oc2ccccc2)cc1. The van der Waals surface area contributed by atoms with Crippen molar-refractivity contribution in [2.24, 2.45) is 0 Å². The van der Waals surface area contributed by atoms with Crippen molar-refractivity contribution in [3.8, 4) is 11.5 Å². The minimum Gasteiger partial charge on any atom is -0.497 e. The van der Waals surface area contributed by atoms with E-state index in [1.54, 1.807) is 31.4 Å². The molecule has 1 N–H and O–H groups in total. The van der Waals surface area contributed by atoms with Gasteiger partial charge in [-0.1, -0.05) is 48.5 Å². The predicted octanol–water partition coefficient (Wildman–Crippen LogP) is 4.32. The van der Waals surface area contributed by atoms with Crippen LogP contribution in [-0.2, 0) is 11.2 Å². The van der Waals surface area contributed by atoms with Crippen molar-refractivity contribution in [2.45, 2.75) is 12.5 Å². The van der Waals surface area contributed by atoms with E-state index < -0.39 is 6.10 Å². The van der Waals surface area contributed by atoms with Gasteiger partial charge in [0, 0.05) is 12.1 Å². The van der Waals surface area contributed by atoms with Crippen LogP contribution in [0.2, 0.25) is 0 Å². The number of carbonyl (C=O) groups is 1. The highest BCUT2D eigenvalue weighted by Gasteiger charge is 2.21. The van der Waals surface area contributed by atoms with E-state index >= 15 is 0 Å². The smallest absolute Gasteiger partial charge is 0.265 e. The predicted molar refractivity (Wildman–Crippen MR) is 103 cm³/mol. The normalized spacial score (nSPS) is 11.4. The van der Waals surface area contributed by atoms with E-state index in [0.29, 0.717) is 17.9 Å². The Bertz CT molecular complexity index is 776. The summed E-state index contributed by atoms with van der Waals surface area (Å²) in [6.45, 7) is 0. The Morgan fingerprint density at radius 3 is 2.08 bits per heavy atom. The molecule has 3 rings (SSSR count). The highest BCUT2D eigenvalue weighted by atomic mass is 16.5. The molecule has 1 atom stereocenters. The molecule has 0 spiro atoms. The molecule has 3 aromatic carbocycles. The van der Waals surface area contributed by atoms with E-state index in [0.717, 1.165) is 11.3 Å². The maximum Gasteiger partial charge on any atom is 0.265 e. The maximum absolute atomic E-state index is 12.8. The Labute approximate surface area is 153 Å². The van der Waals surface area contributed by atoms with Crippen LogP contribution in [0.4, 0.5) is 5.69 Å². The van der Waals surface area contributed by atoms with Crippen LogP contribution in [0.25, 0.3) is 0 Å². The van der Waals surface area contributed by atoms with Gasteiger partial charge in [-0.05, 0) is 42.0 Å². The Hall–Kier alpha value is -3.27. The average Bonchev–Trinajstić information content (AvgIpc) is 2.69. The molecule has 0 bridgehead atoms. The van der Waals surface area contributed by atoms with Gasteiger partial charge in [0.05, 0.1) is 7.11 Å². The fraction of sp³-hybridized carbons (Fsp3) is 0.136. The van der Waals surface area contributed by atoms with E-state index in [4.69, 9.17) is 9.47 Å². The van der Waals surface area contributed by atoms with Crippen molar-refractivity contribution in [3.05, 3.63) is 90.5 Å². The van der Waals surface area contributed by atoms with Gasteiger partial charge in [-0.2, -0.15) is 0 Å². The Kier molecular flexibility index (Phi) is 5.88. The number of benzene rings is 3. The summed E-state index contributed by atoms with van der Waals surface area (Å²) in [7, 11) is 1.61. The first-order valence-corrected chi connectivity index (χ1v) is 8.45. The van der Waals surface area contributed by atoms with Gasteiger partial charge in [-0.25, -0.2) is 0 Å². The summed E-state index contributed by atoms with van der Waals surface area (Å²) in [4.78, 5) is 12.8. The third-order valence-electron chi connectivity index (χ3n) is 3.94. The number of para-hydroxylation sites is 1. The van der Waals surface area contributed by atoms with E-state index in [1.807, 2.05) is 60.7 Å². The van der Waals surface area contributed by atoms with E-state index in [2.05, 4.69) is 5.32 Å². The number of rotatable bonds is 7. The van der Waals surface area contributed by atoms with Crippen molar-refractivity contribution in [1.29, 1.82) is 0 Å². The molecule has 0 fully saturated rings. The molecule has 0 saturated heterocycles. The van der Waals surface area contributed by atoms with Crippen molar-refractivity contribution in [1.82, 2.24) is 0 Å². The van der Waals surface area contributed by atoms with Crippen molar-refractivity contribution >= 4 is 11.6 Å². The van der Waals surface area contributed by atoms with Crippen molar-refractivity contribution in [2.75, 3.05) is 12.4 Å². The minimum absolute atomic E-state index is 0.192. The summed E-state index contributed by atoms with van der Waals surface area (Å²) in [5.41, 5.74) is 1.74. The lowest BCUT2D eigenvalue weighted by molar-refractivity contribution is -0.122. The molecular formula is C22H21NO3. The fourth-order valence-corrected chi connectivity index (χ4v) is 2.58. The zero-order valence-corrected chi connectivity index (χ0v) is 14.6. The minimum atomic E-state index is -0.637. The lowest BCUT2D eigenvalue weighted by Crippen LogP contribution is -2.35. The van der Waals surface area contributed by atoms with Gasteiger partial charge >= 0.3 is 0 Å². The highest BCUT2D eigenvalue weighted by molar-refractivity contribution is 5.94. The largest absolute Gasteiger partial charge is 0.497 e. The first-order valence-electron chi connectivity index (χ1n) is 8.45. The Morgan fingerprint density at radius 1 is 0.846 bits per heavy atom. The second-order valence-electron chi connectivity index (χ2n) is 5.83. The number of amides is 1. The van der Waals surface area contributed by atoms with Crippen molar-refractivity contribution < 1.29 is 14.3 Å². The van der Waals surface area contributed by atoms with Gasteiger partial charge < -0.3 is 14.8 Å². The molecule has 0 aliphatic rings. The molecule has 26 heavy (non-hydrogen) atoms. The third kappa shape index (κ3) is 4.86. The van der Waals surface area contributed by atoms with Gasteiger partial charge in [-0.15, -0.1) is 0 Å². The number of ether oxygens (including phenoxy) is 2. The molecule has 1 unspecified atom stereocenters. The second-order valence-corrected chi connectivity index (χ2v) is 5.83. The summed E-state index contributed by atoms with van der Waals surface area (Å²) in [5.74, 6) is 1.21. The molecular weight excluding hydrogens is 326 g/mol. The summed E-state index contributed by atoms with van der Waals surface area (Å²) in [6, 6.07) is 26.4. The van der Waals surface area contributed by atoms with Crippen LogP contribution in [0.3, 0.4) is 0 Å². The standard InChI is InChI=1S/C22H21NO3/c1-25-19-14-12-18(13-15-19)23-22(24)21(16-17-8-4-2-5-9-17)26-20-10-6-3-7-11-20/h2-15,21H,16H2,1H3,(H,23,24). The quantitative estimate of drug-likeness (QED) is 0.692. The molecule has 0 saturated carbocycles. The number of hydrogen-bond donors (Lipinski definition) is 1. The van der Waals surface area contributed by atoms with Gasteiger partial charge in [0.1, 0.15) is 11.5 Å². The molecule has 1 amide bonds. The van der Waals surface area contributed by atoms with Gasteiger partial charge in [-0.3, -0.25) is 4.79 Å². The van der Waals surface area contributed by atoms with E-state index in [9.17, 15) is 4.79 Å². The summed E-state index contributed by atoms with van der Waals surface area (Å²) >= 11 is 0. The molecule has 3 aromatic rings. The van der Waals surface area contributed by atoms with Gasteiger partial charge in [0.25, 0.3) is 5.91 Å². The van der Waals surface area contributed by atoms with Gasteiger partial charge in [0.15, 0.2) is 6.10 Å². The van der Waals surface area contributed by atoms with Crippen molar-refractivity contribution in [3.63, 3.8) is 0 Å². The maximum atomic E-state index is 12.8. The zero-order chi connectivity index (χ0) is 18.2. The first-order chi connectivity index (χ1) is 12.7. The Balaban J connectivity index is 1.75. The molecule has 132 valence electrons. The highest BCUT2D eigenvalue weighted by Crippen LogP contribution is 2.18. The molecule has 0 aliphatic heterocycles. The topological polar surface area (TPSA) is 47.6 Å². The van der Waals surface area contributed by atoms with Crippen LogP contribution in [-0.4, -0.2) is 19.1 Å². The van der Waals surface area contributed by atoms with Crippen LogP contribution >= 0.6 is 0 Å². The van der Waals surface area contributed by atoms with Crippen LogP contribution in [0.15, 0.2) is 84.9 Å². The van der Waals surface area contributed by atoms with E-state index in [1.165, 1.54) is 0 Å². The summed E-state index contributed by atoms with van der Waals surface area (Å²) in [6.07, 6.45) is -0.153. The van der Waals surface area contributed by atoms with Gasteiger partial charge in [0.2, 0.25) is 0 Å². The monoisotopic (exact) mass is 347 g/mol. The fourth-order valence-electron chi connectivity index (χ4n) is 2.58. The molecule has 4 nitrogen and oxygen atoms in total. The average molecular weight is 347 g/mol. The lowest BCUT2D eigenvalue weighted by Gasteiger charge is -2.19. The second kappa shape index (κ2) is 8.72. The van der Waals surface area contributed by atoms with Crippen LogP contribution in [0, 0.1) is 0 Å². The van der Waals surface area contributed by atoms with Crippen LogP contribution in [0.1, 0.15) is 5.56 Å². The first kappa shape index (κ1) is 17.5. The van der Waals surface area contributed by atoms with Crippen LogP contribution in [0.5, 0.6) is 11.5 Å². The molecule has 0 heterocycles. The number of methoxy groups -OCH3 is 1. The summed E-state index contributed by atoms with van der Waals surface area (Å²) < 4.78 is 11.1. The number of anilines is 1. The molecule has 4 heteroatoms. The molecule has 0 radical (unpaired) electrons. The zero-order valence-electron chi connectivity index (χ0n) is 14.6. The lowest BCUT2D eigenvalue weighted by atomic mass is 10.1. The van der Waals surface area contributed by atoms with Crippen LogP contribution < -0.4 is 14.8 Å². The number of nitrogens with one attached hydrogen (secondary N) is 1. The third-order valence-corrected chi connectivity index (χ3v) is 3.94. The molecule has 0 aliphatic carbocycles. The number of hydrogen-bond acceptors (Lipinski definition) is 3. The Morgan fingerprint density at radius 2 is 1.46 bits per heavy atom. The number of carbonyl (C=O) groups excluding carboxylic acids is 1. The summed E-state index contributed by atoms with van der Waals surface area (Å²) in [5, 5.41) is 2.91. The van der Waals surface area contributed by atoms with E-state index in [-0.39, 0.29) is 5.91 Å². The molecule has 0 aromatic heterocycles.